The van der Waals surface area contributed by atoms with Crippen molar-refractivity contribution in [3.05, 3.63) is 35.7 Å². The molecule has 0 saturated carbocycles. The van der Waals surface area contributed by atoms with E-state index >= 15 is 0 Å². The Bertz CT molecular complexity index is 703. The molecule has 128 valence electrons. The molecular formula is C16H19N3O5. The highest BCUT2D eigenvalue weighted by atomic mass is 16.5. The molecule has 2 aromatic heterocycles. The molecule has 1 aliphatic rings. The lowest BCUT2D eigenvalue weighted by atomic mass is 9.96. The normalized spacial score (nSPS) is 20.4. The number of carbonyl (C=O) groups excluding carboxylic acids is 1. The minimum absolute atomic E-state index is 0.100. The first-order valence-electron chi connectivity index (χ1n) is 7.64. The van der Waals surface area contributed by atoms with Crippen molar-refractivity contribution in [2.24, 2.45) is 0 Å². The molecule has 0 aliphatic carbocycles. The number of ether oxygens (including phenoxy) is 3. The van der Waals surface area contributed by atoms with Gasteiger partial charge in [0.25, 0.3) is 11.8 Å². The fraction of sp³-hybridized carbons (Fsp3) is 0.438. The highest BCUT2D eigenvalue weighted by Gasteiger charge is 2.30. The number of methoxy groups -OCH3 is 2. The van der Waals surface area contributed by atoms with Gasteiger partial charge >= 0.3 is 0 Å². The largest absolute Gasteiger partial charge is 0.481 e. The third-order valence-electron chi connectivity index (χ3n) is 3.86. The van der Waals surface area contributed by atoms with E-state index in [2.05, 4.69) is 15.5 Å². The van der Waals surface area contributed by atoms with Crippen molar-refractivity contribution in [1.82, 2.24) is 15.5 Å². The van der Waals surface area contributed by atoms with E-state index in [1.807, 2.05) is 12.1 Å². The number of nitrogens with one attached hydrogen (secondary N) is 1. The van der Waals surface area contributed by atoms with Crippen LogP contribution in [0.3, 0.4) is 0 Å². The van der Waals surface area contributed by atoms with Crippen LogP contribution in [0.15, 0.2) is 28.9 Å². The van der Waals surface area contributed by atoms with E-state index in [0.717, 1.165) is 18.4 Å². The van der Waals surface area contributed by atoms with Crippen LogP contribution >= 0.6 is 0 Å². The van der Waals surface area contributed by atoms with E-state index < -0.39 is 0 Å². The molecule has 0 spiro atoms. The maximum Gasteiger partial charge on any atom is 0.290 e. The van der Waals surface area contributed by atoms with Crippen molar-refractivity contribution in [3.63, 3.8) is 0 Å². The van der Waals surface area contributed by atoms with Gasteiger partial charge in [0.15, 0.2) is 0 Å². The molecule has 3 rings (SSSR count). The van der Waals surface area contributed by atoms with Crippen LogP contribution in [-0.4, -0.2) is 42.9 Å². The molecule has 0 aromatic carbocycles. The summed E-state index contributed by atoms with van der Waals surface area (Å²) in [5, 5.41) is 6.58. The van der Waals surface area contributed by atoms with Gasteiger partial charge in [-0.25, -0.2) is 4.98 Å². The molecule has 1 amide bonds. The summed E-state index contributed by atoms with van der Waals surface area (Å²) in [6.07, 6.45) is 3.05. The van der Waals surface area contributed by atoms with Gasteiger partial charge in [-0.05, 0) is 29.6 Å². The Balaban J connectivity index is 1.75. The van der Waals surface area contributed by atoms with E-state index in [4.69, 9.17) is 18.7 Å². The molecular weight excluding hydrogens is 314 g/mol. The summed E-state index contributed by atoms with van der Waals surface area (Å²) in [5.74, 6) is 0.512. The molecule has 1 N–H and O–H groups in total. The number of pyridine rings is 1. The molecule has 0 unspecified atom stereocenters. The molecule has 0 radical (unpaired) electrons. The number of rotatable bonds is 5. The fourth-order valence-electron chi connectivity index (χ4n) is 2.67. The molecule has 3 heterocycles. The first-order chi connectivity index (χ1) is 11.7. The van der Waals surface area contributed by atoms with E-state index in [1.54, 1.807) is 13.3 Å². The van der Waals surface area contributed by atoms with Crippen LogP contribution in [0.1, 0.15) is 35.1 Å². The predicted molar refractivity (Wildman–Crippen MR) is 83.0 cm³/mol. The number of aromatic nitrogens is 2. The van der Waals surface area contributed by atoms with Crippen LogP contribution in [0.5, 0.6) is 11.8 Å². The number of nitrogens with zero attached hydrogens (tertiary/aromatic N) is 2. The standard InChI is InChI=1S/C16H19N3O5/c1-21-13-8-10(5-6-17-13)15-11(4-3-7-23-15)18-16(20)12-9-14(22-2)19-24-12/h5-6,8-9,11,15H,3-4,7H2,1-2H3,(H,18,20)/t11-,15+/m0/s1. The second-order valence-corrected chi connectivity index (χ2v) is 5.38. The Morgan fingerprint density at radius 2 is 2.12 bits per heavy atom. The number of hydrogen-bond donors (Lipinski definition) is 1. The molecule has 8 heteroatoms. The maximum absolute atomic E-state index is 12.3. The SMILES string of the molecule is COc1cc([C@H]2OCCC[C@@H]2NC(=O)c2cc(OC)no2)ccn1. The summed E-state index contributed by atoms with van der Waals surface area (Å²) in [6, 6.07) is 4.93. The molecule has 1 fully saturated rings. The van der Waals surface area contributed by atoms with Crippen molar-refractivity contribution < 1.29 is 23.5 Å². The van der Waals surface area contributed by atoms with E-state index in [9.17, 15) is 4.79 Å². The van der Waals surface area contributed by atoms with Crippen LogP contribution in [0.4, 0.5) is 0 Å². The maximum atomic E-state index is 12.3. The van der Waals surface area contributed by atoms with Crippen molar-refractivity contribution in [2.45, 2.75) is 25.0 Å². The Hall–Kier alpha value is -2.61. The van der Waals surface area contributed by atoms with Gasteiger partial charge in [0, 0.05) is 18.9 Å². The zero-order valence-corrected chi connectivity index (χ0v) is 13.5. The number of amides is 1. The van der Waals surface area contributed by atoms with Gasteiger partial charge in [-0.15, -0.1) is 0 Å². The average molecular weight is 333 g/mol. The quantitative estimate of drug-likeness (QED) is 0.890. The fourth-order valence-corrected chi connectivity index (χ4v) is 2.67. The van der Waals surface area contributed by atoms with E-state index in [0.29, 0.717) is 12.5 Å². The van der Waals surface area contributed by atoms with Crippen molar-refractivity contribution in [2.75, 3.05) is 20.8 Å². The summed E-state index contributed by atoms with van der Waals surface area (Å²) < 4.78 is 20.9. The molecule has 0 bridgehead atoms. The average Bonchev–Trinajstić information content (AvgIpc) is 3.11. The lowest BCUT2D eigenvalue weighted by Gasteiger charge is -2.32. The van der Waals surface area contributed by atoms with E-state index in [1.165, 1.54) is 13.2 Å². The minimum Gasteiger partial charge on any atom is -0.481 e. The summed E-state index contributed by atoms with van der Waals surface area (Å²) in [5.41, 5.74) is 0.905. The van der Waals surface area contributed by atoms with Crippen molar-refractivity contribution >= 4 is 5.91 Å². The lowest BCUT2D eigenvalue weighted by molar-refractivity contribution is -0.00994. The van der Waals surface area contributed by atoms with Gasteiger partial charge in [-0.2, -0.15) is 0 Å². The zero-order chi connectivity index (χ0) is 16.9. The van der Waals surface area contributed by atoms with Crippen LogP contribution in [0, 0.1) is 0 Å². The Morgan fingerprint density at radius 1 is 1.29 bits per heavy atom. The smallest absolute Gasteiger partial charge is 0.290 e. The Labute approximate surface area is 139 Å². The highest BCUT2D eigenvalue weighted by Crippen LogP contribution is 2.30. The molecule has 2 atom stereocenters. The monoisotopic (exact) mass is 333 g/mol. The Kier molecular flexibility index (Phi) is 4.95. The molecule has 2 aromatic rings. The Morgan fingerprint density at radius 3 is 2.88 bits per heavy atom. The van der Waals surface area contributed by atoms with Gasteiger partial charge in [0.1, 0.15) is 6.10 Å². The van der Waals surface area contributed by atoms with Gasteiger partial charge in [0.2, 0.25) is 11.6 Å². The zero-order valence-electron chi connectivity index (χ0n) is 13.5. The molecule has 8 nitrogen and oxygen atoms in total. The van der Waals surface area contributed by atoms with Gasteiger partial charge in [-0.3, -0.25) is 4.79 Å². The van der Waals surface area contributed by atoms with E-state index in [-0.39, 0.29) is 29.7 Å². The van der Waals surface area contributed by atoms with Crippen LogP contribution in [-0.2, 0) is 4.74 Å². The van der Waals surface area contributed by atoms with Crippen molar-refractivity contribution in [3.8, 4) is 11.8 Å². The summed E-state index contributed by atoms with van der Waals surface area (Å²) >= 11 is 0. The van der Waals surface area contributed by atoms with Gasteiger partial charge < -0.3 is 24.1 Å². The van der Waals surface area contributed by atoms with Crippen molar-refractivity contribution in [1.29, 1.82) is 0 Å². The van der Waals surface area contributed by atoms with Crippen LogP contribution in [0.25, 0.3) is 0 Å². The third kappa shape index (κ3) is 3.48. The number of hydrogen-bond acceptors (Lipinski definition) is 7. The van der Waals surface area contributed by atoms with Crippen LogP contribution in [0.2, 0.25) is 0 Å². The second kappa shape index (κ2) is 7.31. The number of carbonyl (C=O) groups is 1. The van der Waals surface area contributed by atoms with Gasteiger partial charge in [-0.1, -0.05) is 0 Å². The highest BCUT2D eigenvalue weighted by molar-refractivity contribution is 5.91. The predicted octanol–water partition coefficient (Wildman–Crippen LogP) is 1.74. The van der Waals surface area contributed by atoms with Crippen LogP contribution < -0.4 is 14.8 Å². The lowest BCUT2D eigenvalue weighted by Crippen LogP contribution is -2.42. The summed E-state index contributed by atoms with van der Waals surface area (Å²) in [7, 11) is 3.02. The topological polar surface area (TPSA) is 95.7 Å². The van der Waals surface area contributed by atoms with Gasteiger partial charge in [0.05, 0.1) is 26.3 Å². The minimum atomic E-state index is -0.354. The first-order valence-corrected chi connectivity index (χ1v) is 7.64. The first kappa shape index (κ1) is 16.3. The molecule has 1 saturated heterocycles. The molecule has 24 heavy (non-hydrogen) atoms. The third-order valence-corrected chi connectivity index (χ3v) is 3.86. The second-order valence-electron chi connectivity index (χ2n) is 5.38. The summed E-state index contributed by atoms with van der Waals surface area (Å²) in [4.78, 5) is 16.4. The summed E-state index contributed by atoms with van der Waals surface area (Å²) in [6.45, 7) is 0.637. The molecule has 1 aliphatic heterocycles.